The number of para-hydroxylation sites is 1. The first kappa shape index (κ1) is 16.0. The maximum absolute atomic E-state index is 11.6. The van der Waals surface area contributed by atoms with Crippen molar-refractivity contribution in [2.24, 2.45) is 0 Å². The molecule has 1 N–H and O–H groups in total. The molecule has 0 unspecified atom stereocenters. The Morgan fingerprint density at radius 1 is 1.26 bits per heavy atom. The van der Waals surface area contributed by atoms with Crippen molar-refractivity contribution in [3.63, 3.8) is 0 Å². The SMILES string of the molecule is CCCS(=O)(=O)CCN[C@H](C)c1ccccc1OC. The summed E-state index contributed by atoms with van der Waals surface area (Å²) in [5.74, 6) is 1.26. The Kier molecular flexibility index (Phi) is 6.31. The van der Waals surface area contributed by atoms with Gasteiger partial charge >= 0.3 is 0 Å². The molecule has 0 saturated carbocycles. The first-order valence-corrected chi connectivity index (χ1v) is 8.39. The van der Waals surface area contributed by atoms with E-state index in [4.69, 9.17) is 4.74 Å². The van der Waals surface area contributed by atoms with E-state index in [0.29, 0.717) is 13.0 Å². The van der Waals surface area contributed by atoms with Crippen LogP contribution < -0.4 is 10.1 Å². The van der Waals surface area contributed by atoms with Crippen LogP contribution in [0.15, 0.2) is 24.3 Å². The molecular formula is C14H23NO3S. The highest BCUT2D eigenvalue weighted by Gasteiger charge is 2.13. The van der Waals surface area contributed by atoms with E-state index < -0.39 is 9.84 Å². The number of ether oxygens (including phenoxy) is 1. The number of rotatable bonds is 8. The van der Waals surface area contributed by atoms with Gasteiger partial charge in [0, 0.05) is 23.9 Å². The summed E-state index contributed by atoms with van der Waals surface area (Å²) in [5, 5.41) is 3.23. The summed E-state index contributed by atoms with van der Waals surface area (Å²) in [4.78, 5) is 0. The minimum atomic E-state index is -2.92. The van der Waals surface area contributed by atoms with Crippen molar-refractivity contribution >= 4 is 9.84 Å². The average Bonchev–Trinajstić information content (AvgIpc) is 2.38. The van der Waals surface area contributed by atoms with Crippen LogP contribution in [0.1, 0.15) is 31.9 Å². The molecule has 0 aromatic heterocycles. The van der Waals surface area contributed by atoms with Crippen LogP contribution in [0.2, 0.25) is 0 Å². The smallest absolute Gasteiger partial charge is 0.151 e. The van der Waals surface area contributed by atoms with E-state index in [2.05, 4.69) is 5.32 Å². The molecule has 0 bridgehead atoms. The van der Waals surface area contributed by atoms with Gasteiger partial charge in [-0.25, -0.2) is 8.42 Å². The fourth-order valence-electron chi connectivity index (χ4n) is 1.98. The van der Waals surface area contributed by atoms with Crippen LogP contribution in [0.3, 0.4) is 0 Å². The molecule has 0 aliphatic carbocycles. The van der Waals surface area contributed by atoms with Gasteiger partial charge in [0.15, 0.2) is 9.84 Å². The summed E-state index contributed by atoms with van der Waals surface area (Å²) in [6, 6.07) is 7.82. The zero-order valence-electron chi connectivity index (χ0n) is 11.8. The first-order chi connectivity index (χ1) is 9.00. The molecule has 0 aliphatic heterocycles. The number of benzene rings is 1. The normalized spacial score (nSPS) is 13.2. The predicted molar refractivity (Wildman–Crippen MR) is 78.4 cm³/mol. The molecule has 108 valence electrons. The average molecular weight is 285 g/mol. The summed E-state index contributed by atoms with van der Waals surface area (Å²) in [6.07, 6.45) is 0.671. The van der Waals surface area contributed by atoms with Crippen LogP contribution in [0.25, 0.3) is 0 Å². The van der Waals surface area contributed by atoms with E-state index in [1.54, 1.807) is 7.11 Å². The maximum Gasteiger partial charge on any atom is 0.151 e. The largest absolute Gasteiger partial charge is 0.496 e. The lowest BCUT2D eigenvalue weighted by Crippen LogP contribution is -2.27. The van der Waals surface area contributed by atoms with Gasteiger partial charge in [0.1, 0.15) is 5.75 Å². The molecule has 0 fully saturated rings. The van der Waals surface area contributed by atoms with E-state index >= 15 is 0 Å². The zero-order valence-corrected chi connectivity index (χ0v) is 12.7. The molecule has 1 rings (SSSR count). The van der Waals surface area contributed by atoms with Crippen molar-refractivity contribution < 1.29 is 13.2 Å². The van der Waals surface area contributed by atoms with Crippen molar-refractivity contribution in [1.82, 2.24) is 5.32 Å². The standard InChI is InChI=1S/C14H23NO3S/c1-4-10-19(16,17)11-9-15-12(2)13-7-5-6-8-14(13)18-3/h5-8,12,15H,4,9-11H2,1-3H3/t12-/m1/s1. The van der Waals surface area contributed by atoms with Gasteiger partial charge in [-0.3, -0.25) is 0 Å². The quantitative estimate of drug-likeness (QED) is 0.795. The highest BCUT2D eigenvalue weighted by atomic mass is 32.2. The Morgan fingerprint density at radius 3 is 2.58 bits per heavy atom. The van der Waals surface area contributed by atoms with Crippen molar-refractivity contribution in [2.45, 2.75) is 26.3 Å². The van der Waals surface area contributed by atoms with Crippen LogP contribution in [-0.4, -0.2) is 33.6 Å². The molecule has 4 nitrogen and oxygen atoms in total. The monoisotopic (exact) mass is 285 g/mol. The second-order valence-electron chi connectivity index (χ2n) is 4.57. The fourth-order valence-corrected chi connectivity index (χ4v) is 3.23. The molecule has 1 aromatic rings. The Labute approximate surface area is 116 Å². The van der Waals surface area contributed by atoms with Crippen LogP contribution in [0, 0.1) is 0 Å². The van der Waals surface area contributed by atoms with Gasteiger partial charge in [-0.15, -0.1) is 0 Å². The molecule has 0 radical (unpaired) electrons. The lowest BCUT2D eigenvalue weighted by Gasteiger charge is -2.17. The second-order valence-corrected chi connectivity index (χ2v) is 6.87. The molecule has 5 heteroatoms. The summed E-state index contributed by atoms with van der Waals surface area (Å²) >= 11 is 0. The maximum atomic E-state index is 11.6. The van der Waals surface area contributed by atoms with Gasteiger partial charge in [-0.05, 0) is 19.4 Å². The van der Waals surface area contributed by atoms with Gasteiger partial charge in [-0.1, -0.05) is 25.1 Å². The summed E-state index contributed by atoms with van der Waals surface area (Å²) in [5.41, 5.74) is 1.04. The van der Waals surface area contributed by atoms with Gasteiger partial charge in [0.25, 0.3) is 0 Å². The number of methoxy groups -OCH3 is 1. The van der Waals surface area contributed by atoms with Gasteiger partial charge < -0.3 is 10.1 Å². The molecule has 0 aliphatic rings. The number of hydrogen-bond acceptors (Lipinski definition) is 4. The third-order valence-corrected chi connectivity index (χ3v) is 4.84. The minimum absolute atomic E-state index is 0.0629. The third-order valence-electron chi connectivity index (χ3n) is 2.98. The highest BCUT2D eigenvalue weighted by Crippen LogP contribution is 2.23. The number of hydrogen-bond donors (Lipinski definition) is 1. The Balaban J connectivity index is 2.54. The van der Waals surface area contributed by atoms with E-state index in [1.165, 1.54) is 0 Å². The summed E-state index contributed by atoms with van der Waals surface area (Å²) in [7, 11) is -1.28. The van der Waals surface area contributed by atoms with Crippen LogP contribution in [0.4, 0.5) is 0 Å². The molecule has 19 heavy (non-hydrogen) atoms. The first-order valence-electron chi connectivity index (χ1n) is 6.57. The van der Waals surface area contributed by atoms with E-state index in [9.17, 15) is 8.42 Å². The molecular weight excluding hydrogens is 262 g/mol. The number of sulfone groups is 1. The lowest BCUT2D eigenvalue weighted by atomic mass is 10.1. The van der Waals surface area contributed by atoms with Gasteiger partial charge in [-0.2, -0.15) is 0 Å². The zero-order chi connectivity index (χ0) is 14.3. The molecule has 1 atom stereocenters. The van der Waals surface area contributed by atoms with Crippen molar-refractivity contribution in [1.29, 1.82) is 0 Å². The van der Waals surface area contributed by atoms with Crippen molar-refractivity contribution in [2.75, 3.05) is 25.2 Å². The molecule has 0 spiro atoms. The Bertz CT molecular complexity index is 485. The third kappa shape index (κ3) is 5.20. The molecule has 0 amide bonds. The van der Waals surface area contributed by atoms with Gasteiger partial charge in [0.2, 0.25) is 0 Å². The Hall–Kier alpha value is -1.07. The Morgan fingerprint density at radius 2 is 1.95 bits per heavy atom. The van der Waals surface area contributed by atoms with E-state index in [0.717, 1.165) is 11.3 Å². The minimum Gasteiger partial charge on any atom is -0.496 e. The highest BCUT2D eigenvalue weighted by molar-refractivity contribution is 7.91. The van der Waals surface area contributed by atoms with Crippen molar-refractivity contribution in [3.05, 3.63) is 29.8 Å². The summed E-state index contributed by atoms with van der Waals surface area (Å²) in [6.45, 7) is 4.34. The van der Waals surface area contributed by atoms with Crippen LogP contribution >= 0.6 is 0 Å². The number of nitrogens with one attached hydrogen (secondary N) is 1. The van der Waals surface area contributed by atoms with E-state index in [1.807, 2.05) is 38.1 Å². The second kappa shape index (κ2) is 7.50. The van der Waals surface area contributed by atoms with E-state index in [-0.39, 0.29) is 17.5 Å². The lowest BCUT2D eigenvalue weighted by molar-refractivity contribution is 0.402. The molecule has 0 saturated heterocycles. The topological polar surface area (TPSA) is 55.4 Å². The summed E-state index contributed by atoms with van der Waals surface area (Å²) < 4.78 is 28.5. The van der Waals surface area contributed by atoms with Gasteiger partial charge in [0.05, 0.1) is 12.9 Å². The molecule has 1 aromatic carbocycles. The predicted octanol–water partition coefficient (Wildman–Crippen LogP) is 2.17. The van der Waals surface area contributed by atoms with Crippen LogP contribution in [-0.2, 0) is 9.84 Å². The molecule has 0 heterocycles. The fraction of sp³-hybridized carbons (Fsp3) is 0.571. The van der Waals surface area contributed by atoms with Crippen LogP contribution in [0.5, 0.6) is 5.75 Å². The van der Waals surface area contributed by atoms with Crippen molar-refractivity contribution in [3.8, 4) is 5.75 Å².